The number of rotatable bonds is 3. The van der Waals surface area contributed by atoms with Gasteiger partial charge in [-0.3, -0.25) is 9.78 Å². The molecule has 6 nitrogen and oxygen atoms in total. The maximum atomic E-state index is 11.7. The largest absolute Gasteiger partial charge is 0.340 e. The molecular weight excluding hydrogens is 278 g/mol. The number of nitrogens with zero attached hydrogens (tertiary/aromatic N) is 3. The molecule has 2 N–H and O–H groups in total. The fraction of sp³-hybridized carbons (Fsp3) is 0.188. The van der Waals surface area contributed by atoms with E-state index in [-0.39, 0.29) is 5.56 Å². The van der Waals surface area contributed by atoms with Gasteiger partial charge in [-0.2, -0.15) is 9.78 Å². The molecule has 2 aromatic heterocycles. The van der Waals surface area contributed by atoms with Crippen LogP contribution in [-0.2, 0) is 0 Å². The fourth-order valence-corrected chi connectivity index (χ4v) is 2.26. The molecule has 0 aliphatic rings. The number of aryl methyl sites for hydroxylation is 3. The first kappa shape index (κ1) is 14.1. The highest BCUT2D eigenvalue weighted by atomic mass is 16.1. The van der Waals surface area contributed by atoms with E-state index in [9.17, 15) is 4.79 Å². The lowest BCUT2D eigenvalue weighted by Gasteiger charge is -2.11. The zero-order valence-electron chi connectivity index (χ0n) is 12.7. The van der Waals surface area contributed by atoms with Gasteiger partial charge in [-0.05, 0) is 32.4 Å². The normalized spacial score (nSPS) is 10.7. The molecule has 112 valence electrons. The summed E-state index contributed by atoms with van der Waals surface area (Å²) in [4.78, 5) is 18.7. The molecule has 2 heterocycles. The summed E-state index contributed by atoms with van der Waals surface area (Å²) in [5.41, 5.74) is 3.39. The number of H-pyrrole nitrogens is 1. The Bertz CT molecular complexity index is 878. The molecule has 0 aliphatic carbocycles. The molecule has 0 aliphatic heterocycles. The van der Waals surface area contributed by atoms with Crippen molar-refractivity contribution < 1.29 is 0 Å². The summed E-state index contributed by atoms with van der Waals surface area (Å²) in [6.07, 6.45) is 0. The second-order valence-corrected chi connectivity index (χ2v) is 5.23. The maximum Gasteiger partial charge on any atom is 0.252 e. The summed E-state index contributed by atoms with van der Waals surface area (Å²) in [7, 11) is 0. The average molecular weight is 295 g/mol. The predicted molar refractivity (Wildman–Crippen MR) is 85.9 cm³/mol. The summed E-state index contributed by atoms with van der Waals surface area (Å²) >= 11 is 0. The third-order valence-electron chi connectivity index (χ3n) is 3.30. The zero-order valence-corrected chi connectivity index (χ0v) is 12.7. The Morgan fingerprint density at radius 3 is 2.59 bits per heavy atom. The van der Waals surface area contributed by atoms with Crippen molar-refractivity contribution in [1.29, 1.82) is 0 Å². The van der Waals surface area contributed by atoms with E-state index in [1.807, 2.05) is 44.2 Å². The summed E-state index contributed by atoms with van der Waals surface area (Å²) < 4.78 is 1.61. The standard InChI is InChI=1S/C16H17N5O/c1-10-6-4-5-7-13(10)18-14-8-12(3)20-21(14)16-17-11(2)9-15(22)19-16/h4-9,18H,1-3H3,(H,17,19,22). The van der Waals surface area contributed by atoms with Crippen molar-refractivity contribution in [3.05, 3.63) is 63.7 Å². The SMILES string of the molecule is Cc1cc(=O)[nH]c(-n2nc(C)cc2Nc2ccccc2C)n1. The highest BCUT2D eigenvalue weighted by molar-refractivity contribution is 5.61. The number of anilines is 2. The number of aromatic nitrogens is 4. The van der Waals surface area contributed by atoms with Gasteiger partial charge in [-0.15, -0.1) is 0 Å². The van der Waals surface area contributed by atoms with E-state index in [0.717, 1.165) is 22.8 Å². The third-order valence-corrected chi connectivity index (χ3v) is 3.30. The van der Waals surface area contributed by atoms with Crippen molar-refractivity contribution in [2.45, 2.75) is 20.8 Å². The third kappa shape index (κ3) is 2.76. The lowest BCUT2D eigenvalue weighted by Crippen LogP contribution is -2.15. The Morgan fingerprint density at radius 2 is 1.86 bits per heavy atom. The maximum absolute atomic E-state index is 11.7. The zero-order chi connectivity index (χ0) is 15.7. The number of benzene rings is 1. The van der Waals surface area contributed by atoms with Gasteiger partial charge in [-0.25, -0.2) is 4.98 Å². The summed E-state index contributed by atoms with van der Waals surface area (Å²) in [5, 5.41) is 7.75. The fourth-order valence-electron chi connectivity index (χ4n) is 2.26. The van der Waals surface area contributed by atoms with Gasteiger partial charge >= 0.3 is 0 Å². The van der Waals surface area contributed by atoms with Crippen molar-refractivity contribution in [3.63, 3.8) is 0 Å². The van der Waals surface area contributed by atoms with Crippen LogP contribution in [0.5, 0.6) is 0 Å². The number of para-hydroxylation sites is 1. The highest BCUT2D eigenvalue weighted by Crippen LogP contribution is 2.22. The molecule has 0 saturated carbocycles. The second-order valence-electron chi connectivity index (χ2n) is 5.23. The molecule has 3 rings (SSSR count). The van der Waals surface area contributed by atoms with Crippen LogP contribution in [0, 0.1) is 20.8 Å². The minimum Gasteiger partial charge on any atom is -0.340 e. The van der Waals surface area contributed by atoms with Crippen LogP contribution in [0.15, 0.2) is 41.2 Å². The van der Waals surface area contributed by atoms with Crippen LogP contribution in [0.1, 0.15) is 17.0 Å². The van der Waals surface area contributed by atoms with Crippen molar-refractivity contribution in [1.82, 2.24) is 19.7 Å². The second kappa shape index (κ2) is 5.48. The lowest BCUT2D eigenvalue weighted by atomic mass is 10.2. The molecule has 22 heavy (non-hydrogen) atoms. The molecular formula is C16H17N5O. The molecule has 0 amide bonds. The molecule has 1 aromatic carbocycles. The van der Waals surface area contributed by atoms with E-state index in [4.69, 9.17) is 0 Å². The quantitative estimate of drug-likeness (QED) is 0.779. The average Bonchev–Trinajstić information content (AvgIpc) is 2.81. The molecule has 0 bridgehead atoms. The van der Waals surface area contributed by atoms with Gasteiger partial charge in [0.15, 0.2) is 0 Å². The first-order valence-corrected chi connectivity index (χ1v) is 7.00. The van der Waals surface area contributed by atoms with Crippen LogP contribution in [0.3, 0.4) is 0 Å². The highest BCUT2D eigenvalue weighted by Gasteiger charge is 2.11. The van der Waals surface area contributed by atoms with E-state index in [0.29, 0.717) is 11.6 Å². The smallest absolute Gasteiger partial charge is 0.252 e. The molecule has 0 fully saturated rings. The van der Waals surface area contributed by atoms with Gasteiger partial charge in [-0.1, -0.05) is 18.2 Å². The Balaban J connectivity index is 2.07. The van der Waals surface area contributed by atoms with Crippen LogP contribution in [0.4, 0.5) is 11.5 Å². The number of nitrogens with one attached hydrogen (secondary N) is 2. The summed E-state index contributed by atoms with van der Waals surface area (Å²) in [6.45, 7) is 5.71. The van der Waals surface area contributed by atoms with Crippen LogP contribution in [0.25, 0.3) is 5.95 Å². The Labute approximate surface area is 127 Å². The van der Waals surface area contributed by atoms with E-state index < -0.39 is 0 Å². The van der Waals surface area contributed by atoms with Crippen molar-refractivity contribution in [2.75, 3.05) is 5.32 Å². The number of aromatic amines is 1. The van der Waals surface area contributed by atoms with Gasteiger partial charge in [0.2, 0.25) is 5.95 Å². The van der Waals surface area contributed by atoms with Gasteiger partial charge in [0, 0.05) is 23.5 Å². The molecule has 0 radical (unpaired) electrons. The van der Waals surface area contributed by atoms with Crippen LogP contribution >= 0.6 is 0 Å². The minimum absolute atomic E-state index is 0.197. The van der Waals surface area contributed by atoms with Gasteiger partial charge in [0.1, 0.15) is 5.82 Å². The van der Waals surface area contributed by atoms with Crippen LogP contribution in [-0.4, -0.2) is 19.7 Å². The Kier molecular flexibility index (Phi) is 3.50. The van der Waals surface area contributed by atoms with Gasteiger partial charge < -0.3 is 5.32 Å². The molecule has 0 saturated heterocycles. The molecule has 0 spiro atoms. The Hall–Kier alpha value is -2.89. The van der Waals surface area contributed by atoms with E-state index >= 15 is 0 Å². The first-order valence-electron chi connectivity index (χ1n) is 7.00. The van der Waals surface area contributed by atoms with Gasteiger partial charge in [0.05, 0.1) is 5.69 Å². The summed E-state index contributed by atoms with van der Waals surface area (Å²) in [6, 6.07) is 11.3. The molecule has 0 unspecified atom stereocenters. The minimum atomic E-state index is -0.197. The number of hydrogen-bond acceptors (Lipinski definition) is 4. The monoisotopic (exact) mass is 295 g/mol. The molecule has 0 atom stereocenters. The van der Waals surface area contributed by atoms with Crippen LogP contribution < -0.4 is 10.9 Å². The van der Waals surface area contributed by atoms with E-state index in [1.165, 1.54) is 6.07 Å². The van der Waals surface area contributed by atoms with Crippen molar-refractivity contribution >= 4 is 11.5 Å². The molecule has 6 heteroatoms. The van der Waals surface area contributed by atoms with Crippen LogP contribution in [0.2, 0.25) is 0 Å². The van der Waals surface area contributed by atoms with Crippen molar-refractivity contribution in [2.24, 2.45) is 0 Å². The lowest BCUT2D eigenvalue weighted by molar-refractivity contribution is 0.790. The topological polar surface area (TPSA) is 75.6 Å². The van der Waals surface area contributed by atoms with Crippen molar-refractivity contribution in [3.8, 4) is 5.95 Å². The van der Waals surface area contributed by atoms with Gasteiger partial charge in [0.25, 0.3) is 5.56 Å². The van der Waals surface area contributed by atoms with E-state index in [1.54, 1.807) is 11.6 Å². The number of hydrogen-bond donors (Lipinski definition) is 2. The predicted octanol–water partition coefficient (Wildman–Crippen LogP) is 2.62. The summed E-state index contributed by atoms with van der Waals surface area (Å²) in [5.74, 6) is 1.15. The Morgan fingerprint density at radius 1 is 1.09 bits per heavy atom. The molecule has 3 aromatic rings. The van der Waals surface area contributed by atoms with E-state index in [2.05, 4.69) is 20.4 Å². The first-order chi connectivity index (χ1) is 10.5.